The van der Waals surface area contributed by atoms with E-state index in [4.69, 9.17) is 10.5 Å². The van der Waals surface area contributed by atoms with Crippen molar-refractivity contribution < 1.29 is 4.74 Å². The number of hydrogen-bond donors (Lipinski definition) is 2. The van der Waals surface area contributed by atoms with Gasteiger partial charge in [0.1, 0.15) is 5.75 Å². The molecule has 3 N–H and O–H groups in total. The predicted molar refractivity (Wildman–Crippen MR) is 78.7 cm³/mol. The molecule has 2 rings (SSSR count). The van der Waals surface area contributed by atoms with E-state index in [0.717, 1.165) is 44.0 Å². The molecule has 106 valence electrons. The Labute approximate surface area is 115 Å². The molecule has 0 spiro atoms. The van der Waals surface area contributed by atoms with Crippen LogP contribution in [-0.2, 0) is 0 Å². The van der Waals surface area contributed by atoms with Gasteiger partial charge in [-0.1, -0.05) is 6.07 Å². The first-order chi connectivity index (χ1) is 9.11. The first kappa shape index (κ1) is 14.3. The summed E-state index contributed by atoms with van der Waals surface area (Å²) in [7, 11) is 1.71. The van der Waals surface area contributed by atoms with Crippen LogP contribution in [0.15, 0.2) is 12.1 Å². The van der Waals surface area contributed by atoms with E-state index in [-0.39, 0.29) is 6.04 Å². The number of nitrogens with two attached hydrogens (primary N) is 1. The van der Waals surface area contributed by atoms with Gasteiger partial charge in [0.2, 0.25) is 0 Å². The van der Waals surface area contributed by atoms with Gasteiger partial charge < -0.3 is 15.8 Å². The quantitative estimate of drug-likeness (QED) is 0.857. The van der Waals surface area contributed by atoms with Gasteiger partial charge in [0.05, 0.1) is 7.11 Å². The first-order valence-corrected chi connectivity index (χ1v) is 6.95. The van der Waals surface area contributed by atoms with Gasteiger partial charge in [0.15, 0.2) is 0 Å². The normalized spacial score (nSPS) is 18.3. The fourth-order valence-electron chi connectivity index (χ4n) is 2.70. The van der Waals surface area contributed by atoms with Gasteiger partial charge in [0, 0.05) is 38.8 Å². The molecular formula is C15H25N3O. The number of benzene rings is 1. The third-order valence-corrected chi connectivity index (χ3v) is 3.85. The minimum Gasteiger partial charge on any atom is -0.496 e. The van der Waals surface area contributed by atoms with E-state index in [1.165, 1.54) is 11.1 Å². The summed E-state index contributed by atoms with van der Waals surface area (Å²) in [6.07, 6.45) is 0. The van der Waals surface area contributed by atoms with Crippen molar-refractivity contribution in [3.8, 4) is 5.75 Å². The van der Waals surface area contributed by atoms with E-state index >= 15 is 0 Å². The van der Waals surface area contributed by atoms with E-state index in [0.29, 0.717) is 0 Å². The molecule has 0 aliphatic carbocycles. The molecule has 19 heavy (non-hydrogen) atoms. The van der Waals surface area contributed by atoms with Crippen LogP contribution in [0.2, 0.25) is 0 Å². The van der Waals surface area contributed by atoms with Gasteiger partial charge in [-0.05, 0) is 36.6 Å². The molecule has 1 fully saturated rings. The van der Waals surface area contributed by atoms with Crippen LogP contribution in [0.4, 0.5) is 0 Å². The molecule has 1 unspecified atom stereocenters. The Kier molecular flexibility index (Phi) is 4.80. The molecule has 0 radical (unpaired) electrons. The predicted octanol–water partition coefficient (Wildman–Crippen LogP) is 1.22. The van der Waals surface area contributed by atoms with Gasteiger partial charge in [-0.15, -0.1) is 0 Å². The standard InChI is InChI=1S/C15H25N3O/c1-11-9-15(19-3)12(2)8-13(11)14(16)10-18-6-4-17-5-7-18/h8-9,14,17H,4-7,10,16H2,1-3H3. The van der Waals surface area contributed by atoms with Gasteiger partial charge in [-0.25, -0.2) is 0 Å². The summed E-state index contributed by atoms with van der Waals surface area (Å²) in [6, 6.07) is 4.33. The Morgan fingerprint density at radius 3 is 2.58 bits per heavy atom. The highest BCUT2D eigenvalue weighted by Gasteiger charge is 2.17. The maximum Gasteiger partial charge on any atom is 0.122 e. The molecular weight excluding hydrogens is 238 g/mol. The summed E-state index contributed by atoms with van der Waals surface area (Å²) >= 11 is 0. The Hall–Kier alpha value is -1.10. The van der Waals surface area contributed by atoms with Crippen LogP contribution in [0.5, 0.6) is 5.75 Å². The van der Waals surface area contributed by atoms with Crippen molar-refractivity contribution in [3.63, 3.8) is 0 Å². The number of piperazine rings is 1. The van der Waals surface area contributed by atoms with Crippen LogP contribution in [-0.4, -0.2) is 44.7 Å². The average molecular weight is 263 g/mol. The molecule has 0 aromatic heterocycles. The molecule has 0 saturated carbocycles. The Morgan fingerprint density at radius 2 is 1.95 bits per heavy atom. The second-order valence-corrected chi connectivity index (χ2v) is 5.34. The molecule has 0 bridgehead atoms. The van der Waals surface area contributed by atoms with E-state index in [9.17, 15) is 0 Å². The Balaban J connectivity index is 2.09. The second-order valence-electron chi connectivity index (χ2n) is 5.34. The van der Waals surface area contributed by atoms with E-state index in [1.807, 2.05) is 0 Å². The lowest BCUT2D eigenvalue weighted by atomic mass is 9.98. The zero-order valence-electron chi connectivity index (χ0n) is 12.2. The zero-order chi connectivity index (χ0) is 13.8. The molecule has 1 heterocycles. The summed E-state index contributed by atoms with van der Waals surface area (Å²) in [4.78, 5) is 2.43. The topological polar surface area (TPSA) is 50.5 Å². The molecule has 4 heteroatoms. The van der Waals surface area contributed by atoms with Crippen molar-refractivity contribution in [2.75, 3.05) is 39.8 Å². The molecule has 1 aromatic rings. The van der Waals surface area contributed by atoms with E-state index in [1.54, 1.807) is 7.11 Å². The smallest absolute Gasteiger partial charge is 0.122 e. The number of rotatable bonds is 4. The number of nitrogens with zero attached hydrogens (tertiary/aromatic N) is 1. The fourth-order valence-corrected chi connectivity index (χ4v) is 2.70. The molecule has 1 saturated heterocycles. The number of methoxy groups -OCH3 is 1. The van der Waals surface area contributed by atoms with Crippen LogP contribution in [0.1, 0.15) is 22.7 Å². The molecule has 4 nitrogen and oxygen atoms in total. The third kappa shape index (κ3) is 3.47. The monoisotopic (exact) mass is 263 g/mol. The van der Waals surface area contributed by atoms with E-state index < -0.39 is 0 Å². The van der Waals surface area contributed by atoms with Crippen molar-refractivity contribution in [3.05, 3.63) is 28.8 Å². The number of ether oxygens (including phenoxy) is 1. The highest BCUT2D eigenvalue weighted by Crippen LogP contribution is 2.26. The number of aryl methyl sites for hydroxylation is 2. The van der Waals surface area contributed by atoms with Gasteiger partial charge >= 0.3 is 0 Å². The number of hydrogen-bond acceptors (Lipinski definition) is 4. The van der Waals surface area contributed by atoms with E-state index in [2.05, 4.69) is 36.2 Å². The van der Waals surface area contributed by atoms with Crippen LogP contribution in [0.3, 0.4) is 0 Å². The van der Waals surface area contributed by atoms with Gasteiger partial charge in [-0.2, -0.15) is 0 Å². The second kappa shape index (κ2) is 6.37. The van der Waals surface area contributed by atoms with Crippen LogP contribution in [0.25, 0.3) is 0 Å². The zero-order valence-corrected chi connectivity index (χ0v) is 12.2. The Bertz CT molecular complexity index is 428. The van der Waals surface area contributed by atoms with Crippen LogP contribution < -0.4 is 15.8 Å². The maximum atomic E-state index is 6.38. The number of nitrogens with one attached hydrogen (secondary N) is 1. The molecule has 1 atom stereocenters. The third-order valence-electron chi connectivity index (χ3n) is 3.85. The van der Waals surface area contributed by atoms with Crippen molar-refractivity contribution in [1.29, 1.82) is 0 Å². The van der Waals surface area contributed by atoms with Crippen LogP contribution in [0, 0.1) is 13.8 Å². The first-order valence-electron chi connectivity index (χ1n) is 6.95. The lowest BCUT2D eigenvalue weighted by molar-refractivity contribution is 0.228. The summed E-state index contributed by atoms with van der Waals surface area (Å²) in [5.41, 5.74) is 9.98. The summed E-state index contributed by atoms with van der Waals surface area (Å²) in [5.74, 6) is 0.940. The average Bonchev–Trinajstić information content (AvgIpc) is 2.42. The van der Waals surface area contributed by atoms with Crippen molar-refractivity contribution in [2.24, 2.45) is 5.73 Å². The van der Waals surface area contributed by atoms with Crippen molar-refractivity contribution in [1.82, 2.24) is 10.2 Å². The lowest BCUT2D eigenvalue weighted by Gasteiger charge is -2.30. The lowest BCUT2D eigenvalue weighted by Crippen LogP contribution is -2.46. The fraction of sp³-hybridized carbons (Fsp3) is 0.600. The minimum absolute atomic E-state index is 0.0720. The highest BCUT2D eigenvalue weighted by molar-refractivity contribution is 5.42. The molecule has 1 aliphatic heterocycles. The minimum atomic E-state index is 0.0720. The summed E-state index contributed by atoms with van der Waals surface area (Å²) in [5, 5.41) is 3.36. The SMILES string of the molecule is COc1cc(C)c(C(N)CN2CCNCC2)cc1C. The molecule has 1 aromatic carbocycles. The molecule has 1 aliphatic rings. The largest absolute Gasteiger partial charge is 0.496 e. The van der Waals surface area contributed by atoms with Crippen LogP contribution >= 0.6 is 0 Å². The summed E-state index contributed by atoms with van der Waals surface area (Å²) < 4.78 is 5.35. The maximum absolute atomic E-state index is 6.38. The van der Waals surface area contributed by atoms with Gasteiger partial charge in [0.25, 0.3) is 0 Å². The Morgan fingerprint density at radius 1 is 1.26 bits per heavy atom. The van der Waals surface area contributed by atoms with Gasteiger partial charge in [-0.3, -0.25) is 4.90 Å². The van der Waals surface area contributed by atoms with Crippen molar-refractivity contribution in [2.45, 2.75) is 19.9 Å². The molecule has 0 amide bonds. The highest BCUT2D eigenvalue weighted by atomic mass is 16.5. The van der Waals surface area contributed by atoms with Crippen molar-refractivity contribution >= 4 is 0 Å². The summed E-state index contributed by atoms with van der Waals surface area (Å²) in [6.45, 7) is 9.40.